The third kappa shape index (κ3) is 5.40. The number of aryl methyl sites for hydroxylation is 1. The number of methoxy groups -OCH3 is 1. The number of hydrogen-bond acceptors (Lipinski definition) is 7. The molecule has 0 spiro atoms. The van der Waals surface area contributed by atoms with Crippen LogP contribution in [0.5, 0.6) is 11.5 Å². The number of nitrogens with zero attached hydrogens (tertiary/aromatic N) is 4. The lowest BCUT2D eigenvalue weighted by molar-refractivity contribution is -0.386. The summed E-state index contributed by atoms with van der Waals surface area (Å²) in [5, 5.41) is 19.5. The molecular formula is C24H27N5O5. The fourth-order valence-electron chi connectivity index (χ4n) is 3.45. The second-order valence-electron chi connectivity index (χ2n) is 7.71. The maximum atomic E-state index is 12.6. The first kappa shape index (κ1) is 24.4. The van der Waals surface area contributed by atoms with E-state index in [1.807, 2.05) is 36.4 Å². The Balaban J connectivity index is 1.70. The summed E-state index contributed by atoms with van der Waals surface area (Å²) < 4.78 is 12.7. The maximum Gasteiger partial charge on any atom is 0.312 e. The van der Waals surface area contributed by atoms with Gasteiger partial charge in [-0.3, -0.25) is 19.6 Å². The lowest BCUT2D eigenvalue weighted by Crippen LogP contribution is -2.29. The molecule has 0 aliphatic rings. The maximum absolute atomic E-state index is 12.6. The zero-order valence-electron chi connectivity index (χ0n) is 19.7. The van der Waals surface area contributed by atoms with E-state index in [0.717, 1.165) is 11.1 Å². The highest BCUT2D eigenvalue weighted by atomic mass is 16.6. The van der Waals surface area contributed by atoms with E-state index in [2.05, 4.69) is 15.6 Å². The summed E-state index contributed by atoms with van der Waals surface area (Å²) in [7, 11) is 1.55. The first-order valence-electron chi connectivity index (χ1n) is 10.6. The lowest BCUT2D eigenvalue weighted by Gasteiger charge is -2.13. The molecule has 3 aromatic rings. The molecule has 1 aromatic heterocycles. The smallest absolute Gasteiger partial charge is 0.312 e. The highest BCUT2D eigenvalue weighted by Crippen LogP contribution is 2.29. The number of nitro groups is 1. The van der Waals surface area contributed by atoms with Gasteiger partial charge in [-0.25, -0.2) is 5.43 Å². The zero-order valence-corrected chi connectivity index (χ0v) is 19.7. The number of aromatic nitrogens is 2. The van der Waals surface area contributed by atoms with Crippen molar-refractivity contribution < 1.29 is 19.2 Å². The van der Waals surface area contributed by atoms with Crippen molar-refractivity contribution in [3.05, 3.63) is 81.2 Å². The molecule has 1 N–H and O–H groups in total. The van der Waals surface area contributed by atoms with Crippen molar-refractivity contribution in [3.63, 3.8) is 0 Å². The molecule has 1 amide bonds. The first-order chi connectivity index (χ1) is 16.2. The van der Waals surface area contributed by atoms with Crippen LogP contribution in [0.15, 0.2) is 53.6 Å². The Labute approximate surface area is 197 Å². The van der Waals surface area contributed by atoms with Gasteiger partial charge in [-0.1, -0.05) is 30.3 Å². The van der Waals surface area contributed by atoms with Crippen molar-refractivity contribution in [2.24, 2.45) is 5.10 Å². The van der Waals surface area contributed by atoms with Gasteiger partial charge in [0.2, 0.25) is 0 Å². The fourth-order valence-corrected chi connectivity index (χ4v) is 3.45. The number of ether oxygens (including phenoxy) is 2. The quantitative estimate of drug-likeness (QED) is 0.289. The highest BCUT2D eigenvalue weighted by Gasteiger charge is 2.27. The van der Waals surface area contributed by atoms with E-state index in [0.29, 0.717) is 29.5 Å². The van der Waals surface area contributed by atoms with Gasteiger partial charge in [-0.05, 0) is 51.5 Å². The van der Waals surface area contributed by atoms with E-state index >= 15 is 0 Å². The number of benzene rings is 2. The fraction of sp³-hybridized carbons (Fsp3) is 0.292. The lowest BCUT2D eigenvalue weighted by atomic mass is 10.1. The predicted molar refractivity (Wildman–Crippen MR) is 127 cm³/mol. The number of hydrogen-bond donors (Lipinski definition) is 1. The monoisotopic (exact) mass is 465 g/mol. The summed E-state index contributed by atoms with van der Waals surface area (Å²) in [6.45, 7) is 6.85. The Morgan fingerprint density at radius 2 is 1.91 bits per heavy atom. The van der Waals surface area contributed by atoms with Gasteiger partial charge >= 0.3 is 5.69 Å². The molecule has 2 aromatic carbocycles. The third-order valence-electron chi connectivity index (χ3n) is 5.37. The molecule has 178 valence electrons. The van der Waals surface area contributed by atoms with Crippen LogP contribution in [0.2, 0.25) is 0 Å². The molecule has 0 saturated heterocycles. The molecule has 0 aliphatic heterocycles. The average Bonchev–Trinajstić information content (AvgIpc) is 3.14. The summed E-state index contributed by atoms with van der Waals surface area (Å²) in [6, 6.07) is 14.4. The molecule has 0 bridgehead atoms. The Bertz CT molecular complexity index is 1220. The van der Waals surface area contributed by atoms with Crippen molar-refractivity contribution in [1.29, 1.82) is 0 Å². The van der Waals surface area contributed by atoms with E-state index < -0.39 is 16.9 Å². The van der Waals surface area contributed by atoms with Gasteiger partial charge in [0.05, 0.1) is 17.7 Å². The van der Waals surface area contributed by atoms with Crippen LogP contribution in [0.1, 0.15) is 42.4 Å². The van der Waals surface area contributed by atoms with Crippen LogP contribution >= 0.6 is 0 Å². The van der Waals surface area contributed by atoms with E-state index in [9.17, 15) is 14.9 Å². The predicted octanol–water partition coefficient (Wildman–Crippen LogP) is 4.10. The van der Waals surface area contributed by atoms with Crippen molar-refractivity contribution in [2.75, 3.05) is 7.11 Å². The largest absolute Gasteiger partial charge is 0.493 e. The molecule has 0 fully saturated rings. The topological polar surface area (TPSA) is 121 Å². The molecule has 3 rings (SSSR count). The normalized spacial score (nSPS) is 12.2. The third-order valence-corrected chi connectivity index (χ3v) is 5.37. The summed E-state index contributed by atoms with van der Waals surface area (Å²) >= 11 is 0. The molecule has 10 heteroatoms. The second kappa shape index (κ2) is 10.6. The van der Waals surface area contributed by atoms with E-state index in [-0.39, 0.29) is 11.4 Å². The standard InChI is InChI=1S/C24H27N5O5/c1-15(25-26-24(30)18(4)28-17(3)23(29(31)32)16(2)27-28)20-11-12-21(22(13-20)33-5)34-14-19-9-7-6-8-10-19/h6-13,18H,14H2,1-5H3,(H,26,30)/b25-15+. The zero-order chi connectivity index (χ0) is 24.8. The Morgan fingerprint density at radius 1 is 1.21 bits per heavy atom. The van der Waals surface area contributed by atoms with Crippen molar-refractivity contribution in [3.8, 4) is 11.5 Å². The number of rotatable bonds is 9. The molecular weight excluding hydrogens is 438 g/mol. The van der Waals surface area contributed by atoms with Gasteiger partial charge in [0.25, 0.3) is 5.91 Å². The number of carbonyl (C=O) groups is 1. The van der Waals surface area contributed by atoms with Crippen LogP contribution in [0, 0.1) is 24.0 Å². The van der Waals surface area contributed by atoms with Crippen LogP contribution in [0.3, 0.4) is 0 Å². The van der Waals surface area contributed by atoms with Gasteiger partial charge in [0.15, 0.2) is 11.5 Å². The van der Waals surface area contributed by atoms with Crippen molar-refractivity contribution in [1.82, 2.24) is 15.2 Å². The molecule has 0 aliphatic carbocycles. The molecule has 10 nitrogen and oxygen atoms in total. The summed E-state index contributed by atoms with van der Waals surface area (Å²) in [4.78, 5) is 23.3. The van der Waals surface area contributed by atoms with Crippen LogP contribution in [-0.2, 0) is 11.4 Å². The van der Waals surface area contributed by atoms with Crippen LogP contribution in [0.4, 0.5) is 5.69 Å². The molecule has 1 atom stereocenters. The van der Waals surface area contributed by atoms with E-state index in [1.165, 1.54) is 11.6 Å². The average molecular weight is 466 g/mol. The Morgan fingerprint density at radius 3 is 2.53 bits per heavy atom. The molecule has 34 heavy (non-hydrogen) atoms. The van der Waals surface area contributed by atoms with Gasteiger partial charge in [-0.15, -0.1) is 0 Å². The molecule has 1 heterocycles. The van der Waals surface area contributed by atoms with Crippen LogP contribution in [-0.4, -0.2) is 33.4 Å². The minimum Gasteiger partial charge on any atom is -0.493 e. The minimum atomic E-state index is -0.785. The summed E-state index contributed by atoms with van der Waals surface area (Å²) in [5.74, 6) is 0.680. The van der Waals surface area contributed by atoms with Crippen molar-refractivity contribution in [2.45, 2.75) is 40.3 Å². The van der Waals surface area contributed by atoms with Gasteiger partial charge in [0, 0.05) is 5.56 Å². The molecule has 0 radical (unpaired) electrons. The molecule has 0 saturated carbocycles. The first-order valence-corrected chi connectivity index (χ1v) is 10.6. The summed E-state index contributed by atoms with van der Waals surface area (Å²) in [6.07, 6.45) is 0. The van der Waals surface area contributed by atoms with Crippen molar-refractivity contribution >= 4 is 17.3 Å². The van der Waals surface area contributed by atoms with Gasteiger partial charge < -0.3 is 9.47 Å². The SMILES string of the molecule is COc1cc(/C(C)=N/NC(=O)C(C)n2nc(C)c([N+](=O)[O-])c2C)ccc1OCc1ccccc1. The number of hydrazone groups is 1. The Hall–Kier alpha value is -4.21. The highest BCUT2D eigenvalue weighted by molar-refractivity contribution is 5.99. The van der Waals surface area contributed by atoms with E-state index in [1.54, 1.807) is 40.0 Å². The van der Waals surface area contributed by atoms with Gasteiger partial charge in [0.1, 0.15) is 24.0 Å². The summed E-state index contributed by atoms with van der Waals surface area (Å²) in [5.41, 5.74) is 5.30. The second-order valence-corrected chi connectivity index (χ2v) is 7.71. The molecule has 1 unspecified atom stereocenters. The van der Waals surface area contributed by atoms with Crippen LogP contribution in [0.25, 0.3) is 0 Å². The van der Waals surface area contributed by atoms with Gasteiger partial charge in [-0.2, -0.15) is 10.2 Å². The van der Waals surface area contributed by atoms with Crippen LogP contribution < -0.4 is 14.9 Å². The Kier molecular flexibility index (Phi) is 7.62. The minimum absolute atomic E-state index is 0.0963. The number of carbonyl (C=O) groups excluding carboxylic acids is 1. The number of amides is 1. The number of nitrogens with one attached hydrogen (secondary N) is 1. The van der Waals surface area contributed by atoms with E-state index in [4.69, 9.17) is 9.47 Å².